The lowest BCUT2D eigenvalue weighted by molar-refractivity contribution is -0.135. The smallest absolute Gasteiger partial charge is 0.323 e. The van der Waals surface area contributed by atoms with Crippen LogP contribution in [-0.4, -0.2) is 29.2 Å². The lowest BCUT2D eigenvalue weighted by atomic mass is 9.99. The van der Waals surface area contributed by atoms with Gasteiger partial charge in [-0.1, -0.05) is 24.9 Å². The van der Waals surface area contributed by atoms with Crippen LogP contribution in [0, 0.1) is 0 Å². The van der Waals surface area contributed by atoms with E-state index >= 15 is 0 Å². The van der Waals surface area contributed by atoms with Gasteiger partial charge in [-0.05, 0) is 44.5 Å². The molecule has 0 heterocycles. The summed E-state index contributed by atoms with van der Waals surface area (Å²) in [5, 5.41) is 12.4. The fraction of sp³-hybridized carbons (Fsp3) is 0.467. The number of carbonyl (C=O) groups is 2. The van der Waals surface area contributed by atoms with Gasteiger partial charge in [0.25, 0.3) is 0 Å². The molecule has 0 unspecified atom stereocenters. The van der Waals surface area contributed by atoms with Crippen LogP contribution in [0.5, 0.6) is 0 Å². The molecule has 116 valence electrons. The van der Waals surface area contributed by atoms with Crippen LogP contribution in [0.25, 0.3) is 0 Å². The van der Waals surface area contributed by atoms with E-state index in [9.17, 15) is 9.59 Å². The molecular formula is C15H21ClN2O3. The zero-order chi connectivity index (χ0) is 16.0. The third kappa shape index (κ3) is 5.63. The number of rotatable bonds is 6. The Bertz CT molecular complexity index is 500. The van der Waals surface area contributed by atoms with Crippen molar-refractivity contribution >= 4 is 29.3 Å². The van der Waals surface area contributed by atoms with E-state index in [4.69, 9.17) is 16.7 Å². The van der Waals surface area contributed by atoms with Crippen LogP contribution >= 0.6 is 11.6 Å². The van der Waals surface area contributed by atoms with Crippen LogP contribution in [0.4, 0.5) is 10.5 Å². The second-order valence-electron chi connectivity index (χ2n) is 5.52. The largest absolute Gasteiger partial charge is 0.480 e. The number of nitrogens with zero attached hydrogens (tertiary/aromatic N) is 1. The fourth-order valence-electron chi connectivity index (χ4n) is 2.08. The highest BCUT2D eigenvalue weighted by atomic mass is 35.5. The summed E-state index contributed by atoms with van der Waals surface area (Å²) in [6.45, 7) is 5.45. The Balaban J connectivity index is 2.94. The van der Waals surface area contributed by atoms with Crippen LogP contribution in [0.3, 0.4) is 0 Å². The summed E-state index contributed by atoms with van der Waals surface area (Å²) in [5.74, 6) is -1.08. The van der Waals surface area contributed by atoms with E-state index < -0.39 is 24.1 Å². The summed E-state index contributed by atoms with van der Waals surface area (Å²) in [4.78, 5) is 24.6. The number of carboxylic acids is 1. The number of hydrogen-bond acceptors (Lipinski definition) is 2. The van der Waals surface area contributed by atoms with Crippen molar-refractivity contribution in [2.75, 3.05) is 11.4 Å². The van der Waals surface area contributed by atoms with Crippen molar-refractivity contribution in [1.82, 2.24) is 5.32 Å². The van der Waals surface area contributed by atoms with Crippen LogP contribution in [0.2, 0.25) is 5.02 Å². The Hall–Kier alpha value is -1.75. The Morgan fingerprint density at radius 2 is 1.86 bits per heavy atom. The van der Waals surface area contributed by atoms with E-state index in [1.165, 1.54) is 4.90 Å². The maximum absolute atomic E-state index is 12.4. The van der Waals surface area contributed by atoms with Crippen molar-refractivity contribution < 1.29 is 14.7 Å². The van der Waals surface area contributed by atoms with Gasteiger partial charge < -0.3 is 10.4 Å². The summed E-state index contributed by atoms with van der Waals surface area (Å²) in [6, 6.07) is 6.06. The molecule has 0 atom stereocenters. The molecule has 0 aliphatic carbocycles. The summed E-state index contributed by atoms with van der Waals surface area (Å²) in [7, 11) is 0. The van der Waals surface area contributed by atoms with E-state index in [0.717, 1.165) is 12.8 Å². The highest BCUT2D eigenvalue weighted by Crippen LogP contribution is 2.19. The normalized spacial score (nSPS) is 11.0. The van der Waals surface area contributed by atoms with Gasteiger partial charge in [0.2, 0.25) is 0 Å². The highest BCUT2D eigenvalue weighted by Gasteiger charge is 2.25. The first-order valence-electron chi connectivity index (χ1n) is 6.82. The van der Waals surface area contributed by atoms with Gasteiger partial charge in [-0.25, -0.2) is 4.79 Å². The number of aliphatic carboxylic acids is 1. The lowest BCUT2D eigenvalue weighted by Gasteiger charge is -2.30. The van der Waals surface area contributed by atoms with Gasteiger partial charge in [0.05, 0.1) is 0 Å². The number of benzene rings is 1. The van der Waals surface area contributed by atoms with Gasteiger partial charge in [-0.15, -0.1) is 0 Å². The highest BCUT2D eigenvalue weighted by molar-refractivity contribution is 6.30. The number of amides is 2. The van der Waals surface area contributed by atoms with Crippen molar-refractivity contribution in [2.45, 2.75) is 39.2 Å². The van der Waals surface area contributed by atoms with Gasteiger partial charge in [0.1, 0.15) is 6.54 Å². The van der Waals surface area contributed by atoms with Crippen molar-refractivity contribution in [2.24, 2.45) is 0 Å². The molecule has 0 bridgehead atoms. The number of nitrogens with one attached hydrogen (secondary N) is 1. The van der Waals surface area contributed by atoms with Gasteiger partial charge in [0.15, 0.2) is 0 Å². The second-order valence-corrected chi connectivity index (χ2v) is 5.96. The number of carboxylic acid groups (broad SMARTS) is 1. The monoisotopic (exact) mass is 312 g/mol. The number of halogens is 1. The predicted octanol–water partition coefficient (Wildman–Crippen LogP) is 3.52. The Morgan fingerprint density at radius 1 is 1.29 bits per heavy atom. The SMILES string of the molecule is CCCC(C)(C)NC(=O)N(CC(=O)O)c1ccc(Cl)cc1. The maximum atomic E-state index is 12.4. The Labute approximate surface area is 129 Å². The topological polar surface area (TPSA) is 69.6 Å². The molecule has 0 spiro atoms. The molecule has 2 amide bonds. The minimum absolute atomic E-state index is 0.394. The first-order valence-corrected chi connectivity index (χ1v) is 7.20. The number of hydrogen-bond donors (Lipinski definition) is 2. The van der Waals surface area contributed by atoms with Crippen LogP contribution in [0.1, 0.15) is 33.6 Å². The van der Waals surface area contributed by atoms with E-state index in [1.54, 1.807) is 24.3 Å². The number of carbonyl (C=O) groups excluding carboxylic acids is 1. The fourth-order valence-corrected chi connectivity index (χ4v) is 2.21. The zero-order valence-electron chi connectivity index (χ0n) is 12.5. The lowest BCUT2D eigenvalue weighted by Crippen LogP contribution is -2.51. The van der Waals surface area contributed by atoms with Crippen LogP contribution in [-0.2, 0) is 4.79 Å². The van der Waals surface area contributed by atoms with Gasteiger partial charge in [-0.3, -0.25) is 9.69 Å². The van der Waals surface area contributed by atoms with Gasteiger partial charge in [-0.2, -0.15) is 0 Å². The summed E-state index contributed by atoms with van der Waals surface area (Å²) in [6.07, 6.45) is 1.73. The Morgan fingerprint density at radius 3 is 2.33 bits per heavy atom. The molecular weight excluding hydrogens is 292 g/mol. The molecule has 1 aromatic carbocycles. The molecule has 0 saturated carbocycles. The molecule has 0 aliphatic heterocycles. The zero-order valence-corrected chi connectivity index (χ0v) is 13.3. The standard InChI is InChI=1S/C15H21ClN2O3/c1-4-9-15(2,3)17-14(21)18(10-13(19)20)12-7-5-11(16)6-8-12/h5-8H,4,9-10H2,1-3H3,(H,17,21)(H,19,20). The van der Waals surface area contributed by atoms with E-state index in [0.29, 0.717) is 10.7 Å². The van der Waals surface area contributed by atoms with Crippen molar-refractivity contribution in [3.63, 3.8) is 0 Å². The minimum Gasteiger partial charge on any atom is -0.480 e. The second kappa shape index (κ2) is 7.31. The van der Waals surface area contributed by atoms with Crippen molar-refractivity contribution in [3.05, 3.63) is 29.3 Å². The number of anilines is 1. The maximum Gasteiger partial charge on any atom is 0.323 e. The molecule has 1 rings (SSSR count). The van der Waals surface area contributed by atoms with E-state index in [1.807, 2.05) is 20.8 Å². The Kier molecular flexibility index (Phi) is 6.03. The minimum atomic E-state index is -1.08. The molecule has 1 aromatic rings. The van der Waals surface area contributed by atoms with Crippen molar-refractivity contribution in [1.29, 1.82) is 0 Å². The third-order valence-electron chi connectivity index (χ3n) is 3.00. The molecule has 21 heavy (non-hydrogen) atoms. The molecule has 0 saturated heterocycles. The summed E-state index contributed by atoms with van der Waals surface area (Å²) in [5.41, 5.74) is 0.0984. The molecule has 0 aromatic heterocycles. The molecule has 6 heteroatoms. The average Bonchev–Trinajstić information content (AvgIpc) is 2.36. The quantitative estimate of drug-likeness (QED) is 0.844. The van der Waals surface area contributed by atoms with Crippen LogP contribution < -0.4 is 10.2 Å². The molecule has 0 fully saturated rings. The third-order valence-corrected chi connectivity index (χ3v) is 3.25. The molecule has 0 aliphatic rings. The van der Waals surface area contributed by atoms with E-state index in [2.05, 4.69) is 5.32 Å². The average molecular weight is 313 g/mol. The summed E-state index contributed by atoms with van der Waals surface area (Å²) >= 11 is 5.81. The molecule has 5 nitrogen and oxygen atoms in total. The van der Waals surface area contributed by atoms with Crippen molar-refractivity contribution in [3.8, 4) is 0 Å². The summed E-state index contributed by atoms with van der Waals surface area (Å²) < 4.78 is 0. The van der Waals surface area contributed by atoms with E-state index in [-0.39, 0.29) is 0 Å². The van der Waals surface area contributed by atoms with Crippen LogP contribution in [0.15, 0.2) is 24.3 Å². The first-order chi connectivity index (χ1) is 9.75. The molecule has 0 radical (unpaired) electrons. The predicted molar refractivity (Wildman–Crippen MR) is 84.0 cm³/mol. The van der Waals surface area contributed by atoms with Gasteiger partial charge >= 0.3 is 12.0 Å². The first kappa shape index (κ1) is 17.3. The molecule has 2 N–H and O–H groups in total. The number of urea groups is 1. The van der Waals surface area contributed by atoms with Gasteiger partial charge in [0, 0.05) is 16.2 Å².